The zero-order chi connectivity index (χ0) is 12.8. The van der Waals surface area contributed by atoms with Gasteiger partial charge in [-0.1, -0.05) is 13.8 Å². The molecular formula is C12H25NO3. The normalized spacial score (nSPS) is 20.1. The maximum Gasteiger partial charge on any atom is 0.410 e. The van der Waals surface area contributed by atoms with E-state index in [0.717, 1.165) is 6.42 Å². The molecule has 0 radical (unpaired) electrons. The number of nitrogens with zero attached hydrogens (tertiary/aromatic N) is 1. The predicted octanol–water partition coefficient (Wildman–Crippen LogP) is 2.26. The molecule has 16 heavy (non-hydrogen) atoms. The molecule has 1 aliphatic rings. The molecule has 1 N–H and O–H groups in total. The van der Waals surface area contributed by atoms with E-state index >= 15 is 0 Å². The van der Waals surface area contributed by atoms with Crippen LogP contribution in [-0.4, -0.2) is 41.4 Å². The summed E-state index contributed by atoms with van der Waals surface area (Å²) in [6, 6.07) is 0. The summed E-state index contributed by atoms with van der Waals surface area (Å²) in [5.74, 6) is 0.225. The highest BCUT2D eigenvalue weighted by molar-refractivity contribution is 5.68. The Bertz CT molecular complexity index is 211. The minimum atomic E-state index is -0.436. The first kappa shape index (κ1) is 15.2. The molecule has 96 valence electrons. The number of hydrogen-bond donors (Lipinski definition) is 1. The molecule has 1 rings (SSSR count). The molecule has 4 heteroatoms. The number of ether oxygens (including phenoxy) is 1. The Morgan fingerprint density at radius 3 is 2.38 bits per heavy atom. The van der Waals surface area contributed by atoms with Crippen molar-refractivity contribution in [2.45, 2.75) is 46.6 Å². The molecular weight excluding hydrogens is 206 g/mol. The number of likely N-dealkylation sites (tertiary alicyclic amines) is 1. The molecule has 1 saturated heterocycles. The Labute approximate surface area is 98.6 Å². The molecule has 1 heterocycles. The van der Waals surface area contributed by atoms with E-state index in [2.05, 4.69) is 0 Å². The number of carbonyl (C=O) groups excluding carboxylic acids is 1. The minimum Gasteiger partial charge on any atom is -0.444 e. The molecule has 0 aromatic rings. The van der Waals surface area contributed by atoms with Crippen molar-refractivity contribution in [1.82, 2.24) is 4.90 Å². The number of rotatable bonds is 1. The first-order chi connectivity index (χ1) is 7.42. The van der Waals surface area contributed by atoms with Gasteiger partial charge in [0.25, 0.3) is 0 Å². The standard InChI is InChI=1S/C10H19NO3.C2H6/c1-10(2,3)14-9(13)11-5-4-8(6-11)7-12;1-2/h8,12H,4-7H2,1-3H3;1-2H3. The third-order valence-corrected chi connectivity index (χ3v) is 2.20. The molecule has 1 fully saturated rings. The lowest BCUT2D eigenvalue weighted by molar-refractivity contribution is 0.0284. The minimum absolute atomic E-state index is 0.152. The van der Waals surface area contributed by atoms with Crippen LogP contribution < -0.4 is 0 Å². The van der Waals surface area contributed by atoms with E-state index in [9.17, 15) is 4.79 Å². The van der Waals surface area contributed by atoms with E-state index in [-0.39, 0.29) is 18.6 Å². The first-order valence-corrected chi connectivity index (χ1v) is 6.01. The fourth-order valence-electron chi connectivity index (χ4n) is 1.47. The number of hydrogen-bond acceptors (Lipinski definition) is 3. The van der Waals surface area contributed by atoms with Gasteiger partial charge in [0.1, 0.15) is 5.60 Å². The summed E-state index contributed by atoms with van der Waals surface area (Å²) < 4.78 is 5.22. The van der Waals surface area contributed by atoms with Crippen molar-refractivity contribution in [1.29, 1.82) is 0 Å². The van der Waals surface area contributed by atoms with E-state index in [1.165, 1.54) is 0 Å². The van der Waals surface area contributed by atoms with Crippen LogP contribution in [-0.2, 0) is 4.74 Å². The van der Waals surface area contributed by atoms with Crippen LogP contribution in [0.1, 0.15) is 41.0 Å². The zero-order valence-corrected chi connectivity index (χ0v) is 11.1. The highest BCUT2D eigenvalue weighted by atomic mass is 16.6. The Kier molecular flexibility index (Phi) is 6.41. The Morgan fingerprint density at radius 1 is 1.44 bits per heavy atom. The van der Waals surface area contributed by atoms with E-state index in [1.54, 1.807) is 4.90 Å². The van der Waals surface area contributed by atoms with Gasteiger partial charge in [-0.3, -0.25) is 0 Å². The second-order valence-electron chi connectivity index (χ2n) is 4.76. The van der Waals surface area contributed by atoms with Gasteiger partial charge < -0.3 is 14.7 Å². The predicted molar refractivity (Wildman–Crippen MR) is 64.3 cm³/mol. The summed E-state index contributed by atoms with van der Waals surface area (Å²) in [5, 5.41) is 8.92. The maximum absolute atomic E-state index is 11.5. The molecule has 0 aromatic heterocycles. The highest BCUT2D eigenvalue weighted by Gasteiger charge is 2.29. The summed E-state index contributed by atoms with van der Waals surface area (Å²) in [7, 11) is 0. The average Bonchev–Trinajstić information content (AvgIpc) is 2.66. The molecule has 0 bridgehead atoms. The number of amides is 1. The maximum atomic E-state index is 11.5. The summed E-state index contributed by atoms with van der Waals surface area (Å²) in [4.78, 5) is 13.2. The van der Waals surface area contributed by atoms with Crippen LogP contribution in [0.2, 0.25) is 0 Å². The average molecular weight is 231 g/mol. The topological polar surface area (TPSA) is 49.8 Å². The summed E-state index contributed by atoms with van der Waals surface area (Å²) in [6.07, 6.45) is 0.601. The van der Waals surface area contributed by atoms with Crippen LogP contribution in [0.25, 0.3) is 0 Å². The SMILES string of the molecule is CC.CC(C)(C)OC(=O)N1CCC(CO)C1. The Hall–Kier alpha value is -0.770. The third kappa shape index (κ3) is 5.35. The highest BCUT2D eigenvalue weighted by Crippen LogP contribution is 2.18. The molecule has 4 nitrogen and oxygen atoms in total. The molecule has 1 unspecified atom stereocenters. The molecule has 0 aliphatic carbocycles. The van der Waals surface area contributed by atoms with Crippen molar-refractivity contribution in [2.75, 3.05) is 19.7 Å². The van der Waals surface area contributed by atoms with Crippen LogP contribution in [0.4, 0.5) is 4.79 Å². The van der Waals surface area contributed by atoms with Gasteiger partial charge in [0.15, 0.2) is 0 Å². The van der Waals surface area contributed by atoms with Crippen molar-refractivity contribution in [3.05, 3.63) is 0 Å². The van der Waals surface area contributed by atoms with Crippen LogP contribution in [0, 0.1) is 5.92 Å². The van der Waals surface area contributed by atoms with Crippen molar-refractivity contribution in [2.24, 2.45) is 5.92 Å². The van der Waals surface area contributed by atoms with Gasteiger partial charge in [-0.15, -0.1) is 0 Å². The van der Waals surface area contributed by atoms with Crippen LogP contribution >= 0.6 is 0 Å². The smallest absolute Gasteiger partial charge is 0.410 e. The van der Waals surface area contributed by atoms with E-state index in [4.69, 9.17) is 9.84 Å². The summed E-state index contributed by atoms with van der Waals surface area (Å²) in [5.41, 5.74) is -0.436. The van der Waals surface area contributed by atoms with Crippen LogP contribution in [0.3, 0.4) is 0 Å². The summed E-state index contributed by atoms with van der Waals surface area (Å²) in [6.45, 7) is 11.0. The van der Waals surface area contributed by atoms with Gasteiger partial charge in [0, 0.05) is 25.6 Å². The van der Waals surface area contributed by atoms with Gasteiger partial charge in [-0.05, 0) is 27.2 Å². The molecule has 1 atom stereocenters. The van der Waals surface area contributed by atoms with Gasteiger partial charge >= 0.3 is 6.09 Å². The van der Waals surface area contributed by atoms with Gasteiger partial charge in [0.2, 0.25) is 0 Å². The van der Waals surface area contributed by atoms with Crippen molar-refractivity contribution >= 4 is 6.09 Å². The number of aliphatic hydroxyl groups is 1. The van der Waals surface area contributed by atoms with Crippen LogP contribution in [0.15, 0.2) is 0 Å². The Morgan fingerprint density at radius 2 is 2.00 bits per heavy atom. The number of carbonyl (C=O) groups is 1. The van der Waals surface area contributed by atoms with E-state index in [1.807, 2.05) is 34.6 Å². The lowest BCUT2D eigenvalue weighted by Gasteiger charge is -2.24. The van der Waals surface area contributed by atoms with Gasteiger partial charge in [0.05, 0.1) is 0 Å². The molecule has 0 spiro atoms. The number of aliphatic hydroxyl groups excluding tert-OH is 1. The van der Waals surface area contributed by atoms with E-state index < -0.39 is 5.60 Å². The van der Waals surface area contributed by atoms with E-state index in [0.29, 0.717) is 13.1 Å². The Balaban J connectivity index is 0.00000106. The monoisotopic (exact) mass is 231 g/mol. The lowest BCUT2D eigenvalue weighted by atomic mass is 10.1. The van der Waals surface area contributed by atoms with Gasteiger partial charge in [-0.25, -0.2) is 4.79 Å². The fourth-order valence-corrected chi connectivity index (χ4v) is 1.47. The van der Waals surface area contributed by atoms with Crippen molar-refractivity contribution in [3.8, 4) is 0 Å². The van der Waals surface area contributed by atoms with Crippen molar-refractivity contribution in [3.63, 3.8) is 0 Å². The molecule has 0 aromatic carbocycles. The summed E-state index contributed by atoms with van der Waals surface area (Å²) >= 11 is 0. The molecule has 1 amide bonds. The van der Waals surface area contributed by atoms with Gasteiger partial charge in [-0.2, -0.15) is 0 Å². The largest absolute Gasteiger partial charge is 0.444 e. The zero-order valence-electron chi connectivity index (χ0n) is 11.1. The fraction of sp³-hybridized carbons (Fsp3) is 0.917. The second kappa shape index (κ2) is 6.74. The molecule has 1 aliphatic heterocycles. The van der Waals surface area contributed by atoms with Crippen LogP contribution in [0.5, 0.6) is 0 Å². The quantitative estimate of drug-likeness (QED) is 0.753. The lowest BCUT2D eigenvalue weighted by Crippen LogP contribution is -2.35. The van der Waals surface area contributed by atoms with Crippen molar-refractivity contribution < 1.29 is 14.6 Å². The third-order valence-electron chi connectivity index (χ3n) is 2.20. The first-order valence-electron chi connectivity index (χ1n) is 6.01. The molecule has 0 saturated carbocycles. The second-order valence-corrected chi connectivity index (χ2v) is 4.76.